The first-order chi connectivity index (χ1) is 8.82. The van der Waals surface area contributed by atoms with Crippen molar-refractivity contribution in [2.24, 2.45) is 0 Å². The summed E-state index contributed by atoms with van der Waals surface area (Å²) in [6.07, 6.45) is -0.723. The van der Waals surface area contributed by atoms with Gasteiger partial charge in [-0.05, 0) is 19.1 Å². The molecule has 7 nitrogen and oxygen atoms in total. The molecule has 0 radical (unpaired) electrons. The molecule has 0 aliphatic carbocycles. The number of carboxylic acid groups (broad SMARTS) is 2. The average Bonchev–Trinajstić information content (AvgIpc) is 2.31. The van der Waals surface area contributed by atoms with Gasteiger partial charge >= 0.3 is 11.9 Å². The number of amides is 1. The minimum atomic E-state index is -1.52. The Morgan fingerprint density at radius 2 is 1.89 bits per heavy atom. The number of hydrogen-bond donors (Lipinski definition) is 4. The fourth-order valence-corrected chi connectivity index (χ4v) is 1.48. The van der Waals surface area contributed by atoms with E-state index in [1.165, 1.54) is 25.1 Å². The Hall–Kier alpha value is -2.57. The number of rotatable bonds is 5. The lowest BCUT2D eigenvalue weighted by Crippen LogP contribution is -2.42. The van der Waals surface area contributed by atoms with Crippen molar-refractivity contribution in [2.45, 2.75) is 19.4 Å². The van der Waals surface area contributed by atoms with Crippen molar-refractivity contribution in [3.8, 4) is 5.75 Å². The summed E-state index contributed by atoms with van der Waals surface area (Å²) in [5.74, 6) is -3.62. The van der Waals surface area contributed by atoms with Crippen LogP contribution in [-0.4, -0.2) is 39.2 Å². The number of nitrogens with one attached hydrogen (secondary N) is 1. The number of phenols is 1. The minimum absolute atomic E-state index is 0.0941. The second-order valence-corrected chi connectivity index (χ2v) is 3.91. The van der Waals surface area contributed by atoms with Crippen LogP contribution in [0.1, 0.15) is 22.3 Å². The Morgan fingerprint density at radius 3 is 2.42 bits per heavy atom. The van der Waals surface area contributed by atoms with Gasteiger partial charge in [-0.2, -0.15) is 0 Å². The molecule has 7 heteroatoms. The summed E-state index contributed by atoms with van der Waals surface area (Å²) in [6.45, 7) is 1.50. The Balaban J connectivity index is 2.91. The molecule has 0 saturated heterocycles. The van der Waals surface area contributed by atoms with Crippen molar-refractivity contribution in [2.75, 3.05) is 0 Å². The molecular weight excluding hydrogens is 254 g/mol. The van der Waals surface area contributed by atoms with E-state index in [1.807, 2.05) is 0 Å². The fourth-order valence-electron chi connectivity index (χ4n) is 1.48. The number of carbonyl (C=O) groups excluding carboxylic acids is 1. The number of carbonyl (C=O) groups is 3. The summed E-state index contributed by atoms with van der Waals surface area (Å²) in [5.41, 5.74) is 0.385. The topological polar surface area (TPSA) is 124 Å². The number of phenolic OH excluding ortho intramolecular Hbond substituents is 1. The average molecular weight is 267 g/mol. The first kappa shape index (κ1) is 14.5. The SMILES string of the molecule is Cc1c(O)cccc1C(=O)N[C@H](CC(=O)O)C(=O)O. The third-order valence-electron chi connectivity index (χ3n) is 2.53. The molecule has 1 atom stereocenters. The van der Waals surface area contributed by atoms with Gasteiger partial charge in [-0.1, -0.05) is 6.07 Å². The number of aromatic hydroxyl groups is 1. The molecule has 1 aromatic carbocycles. The number of hydrogen-bond acceptors (Lipinski definition) is 4. The van der Waals surface area contributed by atoms with E-state index in [0.717, 1.165) is 0 Å². The Morgan fingerprint density at radius 1 is 1.26 bits per heavy atom. The van der Waals surface area contributed by atoms with Crippen LogP contribution in [-0.2, 0) is 9.59 Å². The third-order valence-corrected chi connectivity index (χ3v) is 2.53. The highest BCUT2D eigenvalue weighted by Gasteiger charge is 2.24. The van der Waals surface area contributed by atoms with Crippen LogP contribution in [0.15, 0.2) is 18.2 Å². The molecule has 0 heterocycles. The molecular formula is C12H13NO6. The van der Waals surface area contributed by atoms with Crippen LogP contribution in [0.4, 0.5) is 0 Å². The van der Waals surface area contributed by atoms with Crippen molar-refractivity contribution < 1.29 is 29.7 Å². The molecule has 1 amide bonds. The Labute approximate surface area is 108 Å². The van der Waals surface area contributed by atoms with E-state index in [9.17, 15) is 19.5 Å². The molecule has 0 aliphatic rings. The monoisotopic (exact) mass is 267 g/mol. The first-order valence-electron chi connectivity index (χ1n) is 5.37. The van der Waals surface area contributed by atoms with Gasteiger partial charge in [0.15, 0.2) is 0 Å². The van der Waals surface area contributed by atoms with E-state index in [-0.39, 0.29) is 11.3 Å². The quantitative estimate of drug-likeness (QED) is 0.610. The largest absolute Gasteiger partial charge is 0.508 e. The highest BCUT2D eigenvalue weighted by Crippen LogP contribution is 2.19. The van der Waals surface area contributed by atoms with Crippen molar-refractivity contribution in [3.05, 3.63) is 29.3 Å². The van der Waals surface area contributed by atoms with E-state index < -0.39 is 30.3 Å². The molecule has 0 spiro atoms. The maximum atomic E-state index is 11.8. The molecule has 0 aromatic heterocycles. The van der Waals surface area contributed by atoms with E-state index >= 15 is 0 Å². The van der Waals surface area contributed by atoms with Crippen molar-refractivity contribution >= 4 is 17.8 Å². The molecule has 4 N–H and O–H groups in total. The molecule has 0 bridgehead atoms. The molecule has 0 aliphatic heterocycles. The van der Waals surface area contributed by atoms with Crippen LogP contribution in [0.3, 0.4) is 0 Å². The normalized spacial score (nSPS) is 11.6. The number of aliphatic carboxylic acids is 2. The highest BCUT2D eigenvalue weighted by atomic mass is 16.4. The van der Waals surface area contributed by atoms with Gasteiger partial charge in [0.2, 0.25) is 0 Å². The van der Waals surface area contributed by atoms with Crippen LogP contribution < -0.4 is 5.32 Å². The van der Waals surface area contributed by atoms with Gasteiger partial charge in [-0.3, -0.25) is 9.59 Å². The van der Waals surface area contributed by atoms with Gasteiger partial charge in [-0.15, -0.1) is 0 Å². The first-order valence-corrected chi connectivity index (χ1v) is 5.37. The lowest BCUT2D eigenvalue weighted by molar-refractivity contribution is -0.145. The predicted octanol–water partition coefficient (Wildman–Crippen LogP) is 0.358. The van der Waals surface area contributed by atoms with Crippen molar-refractivity contribution in [3.63, 3.8) is 0 Å². The van der Waals surface area contributed by atoms with Gasteiger partial charge in [0.25, 0.3) is 5.91 Å². The van der Waals surface area contributed by atoms with Crippen LogP contribution >= 0.6 is 0 Å². The zero-order valence-corrected chi connectivity index (χ0v) is 10.1. The van der Waals surface area contributed by atoms with Gasteiger partial charge < -0.3 is 20.6 Å². The molecule has 1 aromatic rings. The standard InChI is InChI=1S/C12H13NO6/c1-6-7(3-2-4-9(6)14)11(17)13-8(12(18)19)5-10(15)16/h2-4,8,14H,5H2,1H3,(H,13,17)(H,15,16)(H,18,19)/t8-/m1/s1. The Kier molecular flexibility index (Phi) is 4.46. The summed E-state index contributed by atoms with van der Waals surface area (Å²) >= 11 is 0. The van der Waals surface area contributed by atoms with E-state index in [0.29, 0.717) is 5.56 Å². The van der Waals surface area contributed by atoms with Gasteiger partial charge in [-0.25, -0.2) is 4.79 Å². The van der Waals surface area contributed by atoms with Crippen molar-refractivity contribution in [1.29, 1.82) is 0 Å². The van der Waals surface area contributed by atoms with E-state index in [1.54, 1.807) is 0 Å². The lowest BCUT2D eigenvalue weighted by atomic mass is 10.1. The predicted molar refractivity (Wildman–Crippen MR) is 64.0 cm³/mol. The van der Waals surface area contributed by atoms with Crippen molar-refractivity contribution in [1.82, 2.24) is 5.32 Å². The van der Waals surface area contributed by atoms with Crippen LogP contribution in [0.25, 0.3) is 0 Å². The summed E-state index contributed by atoms with van der Waals surface area (Å²) < 4.78 is 0. The van der Waals surface area contributed by atoms with E-state index in [4.69, 9.17) is 10.2 Å². The third kappa shape index (κ3) is 3.70. The second kappa shape index (κ2) is 5.85. The summed E-state index contributed by atoms with van der Waals surface area (Å²) in [6, 6.07) is 2.71. The molecule has 0 unspecified atom stereocenters. The smallest absolute Gasteiger partial charge is 0.326 e. The number of benzene rings is 1. The molecule has 0 fully saturated rings. The summed E-state index contributed by atoms with van der Waals surface area (Å²) in [5, 5.41) is 28.9. The highest BCUT2D eigenvalue weighted by molar-refractivity contribution is 5.98. The molecule has 102 valence electrons. The number of carboxylic acids is 2. The molecule has 19 heavy (non-hydrogen) atoms. The maximum Gasteiger partial charge on any atom is 0.326 e. The lowest BCUT2D eigenvalue weighted by Gasteiger charge is -2.13. The summed E-state index contributed by atoms with van der Waals surface area (Å²) in [7, 11) is 0. The van der Waals surface area contributed by atoms with Gasteiger partial charge in [0, 0.05) is 11.1 Å². The van der Waals surface area contributed by atoms with Crippen LogP contribution in [0.2, 0.25) is 0 Å². The van der Waals surface area contributed by atoms with Crippen LogP contribution in [0.5, 0.6) is 5.75 Å². The fraction of sp³-hybridized carbons (Fsp3) is 0.250. The Bertz CT molecular complexity index is 525. The second-order valence-electron chi connectivity index (χ2n) is 3.91. The zero-order chi connectivity index (χ0) is 14.6. The van der Waals surface area contributed by atoms with Crippen LogP contribution in [0, 0.1) is 6.92 Å². The minimum Gasteiger partial charge on any atom is -0.508 e. The summed E-state index contributed by atoms with van der Waals surface area (Å²) in [4.78, 5) is 33.2. The zero-order valence-electron chi connectivity index (χ0n) is 10.1. The van der Waals surface area contributed by atoms with E-state index in [2.05, 4.69) is 5.32 Å². The van der Waals surface area contributed by atoms with Gasteiger partial charge in [0.1, 0.15) is 11.8 Å². The molecule has 1 rings (SSSR count). The molecule has 0 saturated carbocycles. The maximum absolute atomic E-state index is 11.8. The van der Waals surface area contributed by atoms with Gasteiger partial charge in [0.05, 0.1) is 6.42 Å².